The van der Waals surface area contributed by atoms with Gasteiger partial charge in [-0.2, -0.15) is 0 Å². The van der Waals surface area contributed by atoms with Crippen molar-refractivity contribution in [1.82, 2.24) is 0 Å². The summed E-state index contributed by atoms with van der Waals surface area (Å²) in [5.41, 5.74) is 0.843. The number of hydrogen-bond acceptors (Lipinski definition) is 2. The van der Waals surface area contributed by atoms with Gasteiger partial charge in [0.25, 0.3) is 0 Å². The van der Waals surface area contributed by atoms with E-state index in [1.807, 2.05) is 18.2 Å². The molecule has 2 N–H and O–H groups in total. The Kier molecular flexibility index (Phi) is 13.1. The highest BCUT2D eigenvalue weighted by atomic mass is 16.4. The molecular formula is C17H28O3. The Morgan fingerprint density at radius 3 is 2.00 bits per heavy atom. The Morgan fingerprint density at radius 2 is 1.50 bits per heavy atom. The number of rotatable bonds is 9. The van der Waals surface area contributed by atoms with Gasteiger partial charge in [0.05, 0.1) is 6.42 Å². The molecule has 0 aliphatic rings. The van der Waals surface area contributed by atoms with Crippen molar-refractivity contribution in [2.45, 2.75) is 58.3 Å². The van der Waals surface area contributed by atoms with E-state index in [1.54, 1.807) is 12.1 Å². The molecule has 1 rings (SSSR count). The van der Waals surface area contributed by atoms with E-state index in [0.717, 1.165) is 12.0 Å². The standard InChI is InChI=1S/C9H20O.C8H8O2/c1-2-3-4-5-6-7-8-9-10;9-8(10)6-7-4-2-1-3-5-7/h10H,2-9H2,1H3;1-5H,6H2,(H,9,10). The van der Waals surface area contributed by atoms with Crippen molar-refractivity contribution < 1.29 is 15.0 Å². The van der Waals surface area contributed by atoms with Crippen LogP contribution in [0.2, 0.25) is 0 Å². The molecule has 1 aromatic rings. The number of carboxylic acids is 1. The number of aliphatic hydroxyl groups excluding tert-OH is 1. The van der Waals surface area contributed by atoms with Gasteiger partial charge in [-0.25, -0.2) is 0 Å². The van der Waals surface area contributed by atoms with Crippen molar-refractivity contribution in [2.24, 2.45) is 0 Å². The largest absolute Gasteiger partial charge is 0.481 e. The molecule has 1 aromatic carbocycles. The van der Waals surface area contributed by atoms with Crippen LogP contribution in [0.15, 0.2) is 30.3 Å². The lowest BCUT2D eigenvalue weighted by Crippen LogP contribution is -1.98. The third kappa shape index (κ3) is 13.1. The maximum absolute atomic E-state index is 10.2. The van der Waals surface area contributed by atoms with Gasteiger partial charge in [0.1, 0.15) is 0 Å². The molecule has 0 aliphatic heterocycles. The lowest BCUT2D eigenvalue weighted by molar-refractivity contribution is -0.136. The molecule has 0 fully saturated rings. The molecule has 0 heterocycles. The SMILES string of the molecule is CCCCCCCCCO.O=C(O)Cc1ccccc1. The van der Waals surface area contributed by atoms with E-state index >= 15 is 0 Å². The van der Waals surface area contributed by atoms with E-state index in [-0.39, 0.29) is 6.42 Å². The van der Waals surface area contributed by atoms with Crippen LogP contribution < -0.4 is 0 Å². The fraction of sp³-hybridized carbons (Fsp3) is 0.588. The van der Waals surface area contributed by atoms with Gasteiger partial charge in [-0.05, 0) is 12.0 Å². The van der Waals surface area contributed by atoms with Gasteiger partial charge in [0, 0.05) is 6.61 Å². The summed E-state index contributed by atoms with van der Waals surface area (Å²) in [5, 5.41) is 16.8. The van der Waals surface area contributed by atoms with Crippen molar-refractivity contribution in [1.29, 1.82) is 0 Å². The molecule has 0 spiro atoms. The molecule has 0 unspecified atom stereocenters. The van der Waals surface area contributed by atoms with Crippen molar-refractivity contribution in [3.05, 3.63) is 35.9 Å². The van der Waals surface area contributed by atoms with E-state index in [2.05, 4.69) is 6.92 Å². The average Bonchev–Trinajstić information content (AvgIpc) is 2.44. The number of carboxylic acid groups (broad SMARTS) is 1. The number of hydrogen-bond donors (Lipinski definition) is 2. The van der Waals surface area contributed by atoms with Crippen LogP contribution in [0.4, 0.5) is 0 Å². The van der Waals surface area contributed by atoms with Crippen LogP contribution in [-0.4, -0.2) is 22.8 Å². The molecule has 0 aliphatic carbocycles. The zero-order valence-corrected chi connectivity index (χ0v) is 12.6. The number of unbranched alkanes of at least 4 members (excludes halogenated alkanes) is 6. The second-order valence-electron chi connectivity index (χ2n) is 4.90. The van der Waals surface area contributed by atoms with Crippen molar-refractivity contribution in [3.8, 4) is 0 Å². The summed E-state index contributed by atoms with van der Waals surface area (Å²) < 4.78 is 0. The molecule has 20 heavy (non-hydrogen) atoms. The van der Waals surface area contributed by atoms with Crippen LogP contribution in [0.1, 0.15) is 57.4 Å². The van der Waals surface area contributed by atoms with Gasteiger partial charge in [-0.3, -0.25) is 4.79 Å². The van der Waals surface area contributed by atoms with Crippen LogP contribution in [0.5, 0.6) is 0 Å². The summed E-state index contributed by atoms with van der Waals surface area (Å²) >= 11 is 0. The molecule has 0 amide bonds. The quantitative estimate of drug-likeness (QED) is 0.671. The molecule has 0 saturated heterocycles. The predicted octanol–water partition coefficient (Wildman–Crippen LogP) is 4.04. The Balaban J connectivity index is 0.000000361. The first-order valence-electron chi connectivity index (χ1n) is 7.57. The molecule has 0 atom stereocenters. The lowest BCUT2D eigenvalue weighted by Gasteiger charge is -1.97. The smallest absolute Gasteiger partial charge is 0.307 e. The highest BCUT2D eigenvalue weighted by molar-refractivity contribution is 5.70. The minimum atomic E-state index is -0.786. The lowest BCUT2D eigenvalue weighted by atomic mass is 10.1. The monoisotopic (exact) mass is 280 g/mol. The predicted molar refractivity (Wildman–Crippen MR) is 82.9 cm³/mol. The van der Waals surface area contributed by atoms with Crippen molar-refractivity contribution in [2.75, 3.05) is 6.61 Å². The normalized spacial score (nSPS) is 9.70. The van der Waals surface area contributed by atoms with Crippen molar-refractivity contribution >= 4 is 5.97 Å². The van der Waals surface area contributed by atoms with Gasteiger partial charge in [0.2, 0.25) is 0 Å². The Bertz CT molecular complexity index is 314. The maximum atomic E-state index is 10.2. The molecule has 114 valence electrons. The summed E-state index contributed by atoms with van der Waals surface area (Å²) in [6, 6.07) is 9.13. The first kappa shape index (κ1) is 18.7. The Labute approximate surface area is 122 Å². The zero-order valence-electron chi connectivity index (χ0n) is 12.6. The van der Waals surface area contributed by atoms with E-state index in [9.17, 15) is 4.79 Å². The van der Waals surface area contributed by atoms with Crippen molar-refractivity contribution in [3.63, 3.8) is 0 Å². The third-order valence-electron chi connectivity index (χ3n) is 2.96. The summed E-state index contributed by atoms with van der Waals surface area (Å²) in [6.45, 7) is 2.60. The number of benzene rings is 1. The van der Waals surface area contributed by atoms with Crippen LogP contribution in [0, 0.1) is 0 Å². The highest BCUT2D eigenvalue weighted by Crippen LogP contribution is 2.05. The minimum absolute atomic E-state index is 0.112. The minimum Gasteiger partial charge on any atom is -0.481 e. The molecule has 0 saturated carbocycles. The van der Waals surface area contributed by atoms with Crippen LogP contribution >= 0.6 is 0 Å². The van der Waals surface area contributed by atoms with Crippen LogP contribution in [0.3, 0.4) is 0 Å². The third-order valence-corrected chi connectivity index (χ3v) is 2.96. The van der Waals surface area contributed by atoms with E-state index < -0.39 is 5.97 Å². The first-order chi connectivity index (χ1) is 9.70. The van der Waals surface area contributed by atoms with E-state index in [1.165, 1.54) is 38.5 Å². The van der Waals surface area contributed by atoms with Gasteiger partial charge in [-0.1, -0.05) is 75.8 Å². The van der Waals surface area contributed by atoms with Gasteiger partial charge >= 0.3 is 5.97 Å². The highest BCUT2D eigenvalue weighted by Gasteiger charge is 1.96. The number of carbonyl (C=O) groups is 1. The van der Waals surface area contributed by atoms with Gasteiger partial charge in [0.15, 0.2) is 0 Å². The van der Waals surface area contributed by atoms with E-state index in [0.29, 0.717) is 6.61 Å². The van der Waals surface area contributed by atoms with E-state index in [4.69, 9.17) is 10.2 Å². The summed E-state index contributed by atoms with van der Waals surface area (Å²) in [7, 11) is 0. The average molecular weight is 280 g/mol. The van der Waals surface area contributed by atoms with Crippen LogP contribution in [0.25, 0.3) is 0 Å². The maximum Gasteiger partial charge on any atom is 0.307 e. The summed E-state index contributed by atoms with van der Waals surface area (Å²) in [5.74, 6) is -0.786. The first-order valence-corrected chi connectivity index (χ1v) is 7.57. The van der Waals surface area contributed by atoms with Crippen LogP contribution in [-0.2, 0) is 11.2 Å². The van der Waals surface area contributed by atoms with Gasteiger partial charge in [-0.15, -0.1) is 0 Å². The fourth-order valence-electron chi connectivity index (χ4n) is 1.84. The molecular weight excluding hydrogens is 252 g/mol. The second kappa shape index (κ2) is 14.1. The summed E-state index contributed by atoms with van der Waals surface area (Å²) in [6.07, 6.45) is 9.04. The zero-order chi connectivity index (χ0) is 15.1. The molecule has 0 radical (unpaired) electrons. The second-order valence-corrected chi connectivity index (χ2v) is 4.90. The molecule has 3 nitrogen and oxygen atoms in total. The molecule has 3 heteroatoms. The molecule has 0 aromatic heterocycles. The topological polar surface area (TPSA) is 57.5 Å². The Morgan fingerprint density at radius 1 is 0.950 bits per heavy atom. The van der Waals surface area contributed by atoms with Gasteiger partial charge < -0.3 is 10.2 Å². The summed E-state index contributed by atoms with van der Waals surface area (Å²) in [4.78, 5) is 10.2. The molecule has 0 bridgehead atoms. The Hall–Kier alpha value is -1.35. The fourth-order valence-corrected chi connectivity index (χ4v) is 1.84. The number of aliphatic hydroxyl groups is 1. The number of aliphatic carboxylic acids is 1.